The third-order valence-electron chi connectivity index (χ3n) is 5.34. The van der Waals surface area contributed by atoms with Crippen LogP contribution in [0.2, 0.25) is 0 Å². The molecule has 9 heteroatoms. The highest BCUT2D eigenvalue weighted by atomic mass is 32.2. The van der Waals surface area contributed by atoms with E-state index in [-0.39, 0.29) is 17.2 Å². The molecular weight excluding hydrogens is 428 g/mol. The van der Waals surface area contributed by atoms with Crippen molar-refractivity contribution in [2.75, 3.05) is 25.3 Å². The van der Waals surface area contributed by atoms with Crippen LogP contribution < -0.4 is 20.3 Å². The fraction of sp³-hybridized carbons (Fsp3) is 0.261. The molecule has 0 saturated heterocycles. The average Bonchev–Trinajstić information content (AvgIpc) is 3.06. The van der Waals surface area contributed by atoms with Gasteiger partial charge in [0.05, 0.1) is 31.2 Å². The van der Waals surface area contributed by atoms with Gasteiger partial charge in [0.1, 0.15) is 22.5 Å². The number of nitrogens with zero attached hydrogens (tertiary/aromatic N) is 3. The Kier molecular flexibility index (Phi) is 5.84. The lowest BCUT2D eigenvalue weighted by Gasteiger charge is -2.11. The highest BCUT2D eigenvalue weighted by Crippen LogP contribution is 2.30. The molecule has 4 rings (SSSR count). The molecule has 0 aliphatic heterocycles. The van der Waals surface area contributed by atoms with Gasteiger partial charge in [0, 0.05) is 19.5 Å². The van der Waals surface area contributed by atoms with Gasteiger partial charge in [-0.3, -0.25) is 14.2 Å². The molecule has 0 aliphatic carbocycles. The number of methoxy groups -OCH3 is 2. The topological polar surface area (TPSA) is 87.4 Å². The molecule has 0 radical (unpaired) electrons. The summed E-state index contributed by atoms with van der Waals surface area (Å²) in [5.41, 5.74) is 3.43. The van der Waals surface area contributed by atoms with Crippen LogP contribution in [0.4, 0.5) is 5.69 Å². The van der Waals surface area contributed by atoms with Crippen LogP contribution in [-0.2, 0) is 18.9 Å². The Bertz CT molecular complexity index is 1410. The molecular formula is C23H24N4O4S. The van der Waals surface area contributed by atoms with Gasteiger partial charge in [-0.05, 0) is 42.8 Å². The lowest BCUT2D eigenvalue weighted by atomic mass is 10.2. The van der Waals surface area contributed by atoms with Crippen molar-refractivity contribution in [1.82, 2.24) is 14.1 Å². The third kappa shape index (κ3) is 3.80. The molecule has 8 nitrogen and oxygen atoms in total. The number of aryl methyl sites for hydroxylation is 2. The number of carbonyl (C=O) groups is 1. The van der Waals surface area contributed by atoms with Crippen molar-refractivity contribution < 1.29 is 14.3 Å². The average molecular weight is 453 g/mol. The maximum atomic E-state index is 13.1. The number of fused-ring (bicyclic) bond motifs is 3. The van der Waals surface area contributed by atoms with Gasteiger partial charge < -0.3 is 19.4 Å². The number of ether oxygens (including phenoxy) is 2. The van der Waals surface area contributed by atoms with Crippen LogP contribution >= 0.6 is 11.8 Å². The van der Waals surface area contributed by atoms with Crippen molar-refractivity contribution in [2.45, 2.75) is 12.1 Å². The van der Waals surface area contributed by atoms with Crippen LogP contribution in [0, 0.1) is 6.92 Å². The van der Waals surface area contributed by atoms with Gasteiger partial charge in [-0.15, -0.1) is 0 Å². The van der Waals surface area contributed by atoms with Gasteiger partial charge >= 0.3 is 0 Å². The van der Waals surface area contributed by atoms with Gasteiger partial charge in [0.25, 0.3) is 5.56 Å². The Labute approximate surface area is 189 Å². The molecule has 0 saturated carbocycles. The van der Waals surface area contributed by atoms with E-state index in [1.807, 2.05) is 54.9 Å². The number of thioether (sulfide) groups is 1. The largest absolute Gasteiger partial charge is 0.497 e. The van der Waals surface area contributed by atoms with Crippen molar-refractivity contribution in [3.8, 4) is 11.5 Å². The first-order valence-corrected chi connectivity index (χ1v) is 10.9. The second kappa shape index (κ2) is 8.58. The molecule has 0 unspecified atom stereocenters. The lowest BCUT2D eigenvalue weighted by molar-refractivity contribution is -0.113. The van der Waals surface area contributed by atoms with E-state index in [1.165, 1.54) is 16.3 Å². The van der Waals surface area contributed by atoms with E-state index in [0.29, 0.717) is 33.4 Å². The molecule has 32 heavy (non-hydrogen) atoms. The quantitative estimate of drug-likeness (QED) is 0.356. The number of carbonyl (C=O) groups excluding carboxylic acids is 1. The summed E-state index contributed by atoms with van der Waals surface area (Å²) in [6.45, 7) is 1.94. The molecule has 2 aromatic heterocycles. The van der Waals surface area contributed by atoms with Gasteiger partial charge in [-0.2, -0.15) is 0 Å². The summed E-state index contributed by atoms with van der Waals surface area (Å²) in [6.07, 6.45) is 0. The first-order chi connectivity index (χ1) is 15.3. The van der Waals surface area contributed by atoms with Crippen LogP contribution in [0.25, 0.3) is 21.9 Å². The van der Waals surface area contributed by atoms with Crippen molar-refractivity contribution >= 4 is 45.3 Å². The van der Waals surface area contributed by atoms with Crippen molar-refractivity contribution in [3.05, 3.63) is 52.3 Å². The number of hydrogen-bond donors (Lipinski definition) is 1. The maximum absolute atomic E-state index is 13.1. The standard InChI is InChI=1S/C23H24N4O4S/c1-13-6-9-18(31-5)16(10-13)24-19(28)12-32-23-25-20-15-11-14(30-4)7-8-17(15)26(2)21(20)22(29)27(23)3/h6-11H,12H2,1-5H3,(H,24,28). The fourth-order valence-corrected chi connectivity index (χ4v) is 4.44. The number of nitrogens with one attached hydrogen (secondary N) is 1. The van der Waals surface area contributed by atoms with Crippen LogP contribution in [-0.4, -0.2) is 40.0 Å². The van der Waals surface area contributed by atoms with E-state index in [1.54, 1.807) is 21.3 Å². The molecule has 0 spiro atoms. The maximum Gasteiger partial charge on any atom is 0.278 e. The van der Waals surface area contributed by atoms with E-state index < -0.39 is 0 Å². The van der Waals surface area contributed by atoms with Crippen molar-refractivity contribution in [2.24, 2.45) is 14.1 Å². The summed E-state index contributed by atoms with van der Waals surface area (Å²) >= 11 is 1.21. The van der Waals surface area contributed by atoms with Crippen LogP contribution in [0.1, 0.15) is 5.56 Å². The molecule has 0 aliphatic rings. The van der Waals surface area contributed by atoms with Crippen molar-refractivity contribution in [1.29, 1.82) is 0 Å². The molecule has 2 heterocycles. The van der Waals surface area contributed by atoms with Crippen molar-refractivity contribution in [3.63, 3.8) is 0 Å². The van der Waals surface area contributed by atoms with Crippen LogP contribution in [0.5, 0.6) is 11.5 Å². The Hall–Kier alpha value is -3.46. The third-order valence-corrected chi connectivity index (χ3v) is 6.37. The minimum absolute atomic E-state index is 0.0942. The lowest BCUT2D eigenvalue weighted by Crippen LogP contribution is -2.22. The highest BCUT2D eigenvalue weighted by Gasteiger charge is 2.18. The Morgan fingerprint density at radius 2 is 1.88 bits per heavy atom. The molecule has 166 valence electrons. The Balaban J connectivity index is 1.65. The predicted molar refractivity (Wildman–Crippen MR) is 127 cm³/mol. The smallest absolute Gasteiger partial charge is 0.278 e. The number of anilines is 1. The number of hydrogen-bond acceptors (Lipinski definition) is 6. The normalized spacial score (nSPS) is 11.2. The van der Waals surface area contributed by atoms with E-state index in [0.717, 1.165) is 16.5 Å². The zero-order valence-corrected chi connectivity index (χ0v) is 19.4. The highest BCUT2D eigenvalue weighted by molar-refractivity contribution is 7.99. The predicted octanol–water partition coefficient (Wildman–Crippen LogP) is 3.48. The van der Waals surface area contributed by atoms with Gasteiger partial charge in [-0.25, -0.2) is 4.98 Å². The summed E-state index contributed by atoms with van der Waals surface area (Å²) in [6, 6.07) is 11.2. The zero-order valence-electron chi connectivity index (χ0n) is 18.6. The zero-order chi connectivity index (χ0) is 23.0. The SMILES string of the molecule is COc1ccc2c(c1)c1nc(SCC(=O)Nc3cc(C)ccc3OC)n(C)c(=O)c1n2C. The summed E-state index contributed by atoms with van der Waals surface area (Å²) in [7, 11) is 6.66. The molecule has 0 fully saturated rings. The van der Waals surface area contributed by atoms with E-state index >= 15 is 0 Å². The van der Waals surface area contributed by atoms with Crippen LogP contribution in [0.15, 0.2) is 46.3 Å². The Morgan fingerprint density at radius 3 is 2.59 bits per heavy atom. The fourth-order valence-electron chi connectivity index (χ4n) is 3.67. The number of amides is 1. The number of rotatable bonds is 6. The monoisotopic (exact) mass is 452 g/mol. The number of benzene rings is 2. The molecule has 1 amide bonds. The van der Waals surface area contributed by atoms with Gasteiger partial charge in [0.2, 0.25) is 5.91 Å². The molecule has 1 N–H and O–H groups in total. The Morgan fingerprint density at radius 1 is 1.09 bits per heavy atom. The number of aromatic nitrogens is 3. The summed E-state index contributed by atoms with van der Waals surface area (Å²) in [5, 5.41) is 4.16. The summed E-state index contributed by atoms with van der Waals surface area (Å²) in [5.74, 6) is 1.16. The minimum Gasteiger partial charge on any atom is -0.497 e. The van der Waals surface area contributed by atoms with Gasteiger partial charge in [-0.1, -0.05) is 17.8 Å². The van der Waals surface area contributed by atoms with E-state index in [4.69, 9.17) is 14.5 Å². The second-order valence-electron chi connectivity index (χ2n) is 7.44. The molecule has 0 bridgehead atoms. The minimum atomic E-state index is -0.215. The van der Waals surface area contributed by atoms with Crippen LogP contribution in [0.3, 0.4) is 0 Å². The first kappa shape index (κ1) is 21.8. The van der Waals surface area contributed by atoms with E-state index in [9.17, 15) is 9.59 Å². The molecule has 4 aromatic rings. The molecule has 2 aromatic carbocycles. The second-order valence-corrected chi connectivity index (χ2v) is 8.38. The summed E-state index contributed by atoms with van der Waals surface area (Å²) in [4.78, 5) is 30.4. The first-order valence-electron chi connectivity index (χ1n) is 9.94. The molecule has 0 atom stereocenters. The summed E-state index contributed by atoms with van der Waals surface area (Å²) < 4.78 is 14.0. The van der Waals surface area contributed by atoms with Gasteiger partial charge in [0.15, 0.2) is 5.16 Å². The van der Waals surface area contributed by atoms with E-state index in [2.05, 4.69) is 5.32 Å².